The molecule has 0 atom stereocenters. The Morgan fingerprint density at radius 1 is 1.44 bits per heavy atom. The number of hydrogen-bond donors (Lipinski definition) is 0. The van der Waals surface area contributed by atoms with Gasteiger partial charge in [0.2, 0.25) is 0 Å². The number of rotatable bonds is 5. The van der Waals surface area contributed by atoms with Crippen LogP contribution in [-0.4, -0.2) is 17.4 Å². The summed E-state index contributed by atoms with van der Waals surface area (Å²) >= 11 is 0.391. The van der Waals surface area contributed by atoms with Crippen LogP contribution in [0, 0.1) is 5.92 Å². The summed E-state index contributed by atoms with van der Waals surface area (Å²) in [5.74, 6) is 0.733. The van der Waals surface area contributed by atoms with E-state index in [1.807, 2.05) is 4.31 Å². The zero-order chi connectivity index (χ0) is 11.8. The van der Waals surface area contributed by atoms with E-state index in [0.717, 1.165) is 44.7 Å². The van der Waals surface area contributed by atoms with E-state index in [0.29, 0.717) is 12.3 Å². The molecule has 0 aromatic carbocycles. The summed E-state index contributed by atoms with van der Waals surface area (Å²) in [7, 11) is 0. The molecule has 0 amide bonds. The van der Waals surface area contributed by atoms with Gasteiger partial charge < -0.3 is 0 Å². The van der Waals surface area contributed by atoms with Crippen LogP contribution in [0.2, 0.25) is 0 Å². The van der Waals surface area contributed by atoms with Crippen molar-refractivity contribution in [3.8, 4) is 0 Å². The first-order valence-electron chi connectivity index (χ1n) is 6.15. The molecule has 16 heavy (non-hydrogen) atoms. The Kier molecular flexibility index (Phi) is 6.81. The molecule has 0 N–H and O–H groups in total. The molecule has 0 aromatic rings. The van der Waals surface area contributed by atoms with Crippen molar-refractivity contribution in [2.24, 2.45) is 5.92 Å². The van der Waals surface area contributed by atoms with Crippen LogP contribution in [0.3, 0.4) is 0 Å². The Bertz CT molecular complexity index is 242. The lowest BCUT2D eigenvalue weighted by molar-refractivity contribution is 0.287. The average molecular weight is 243 g/mol. The van der Waals surface area contributed by atoms with Crippen LogP contribution in [0.5, 0.6) is 0 Å². The Labute approximate surface area is 103 Å². The van der Waals surface area contributed by atoms with Crippen molar-refractivity contribution in [1.82, 2.24) is 4.31 Å². The maximum atomic E-state index is 12.3. The van der Waals surface area contributed by atoms with Crippen molar-refractivity contribution >= 4 is 12.3 Å². The summed E-state index contributed by atoms with van der Waals surface area (Å²) in [5.41, 5.74) is 1.42. The molecule has 0 spiro atoms. The van der Waals surface area contributed by atoms with Crippen LogP contribution < -0.4 is 0 Å². The second-order valence-corrected chi connectivity index (χ2v) is 4.97. The zero-order valence-corrected chi connectivity index (χ0v) is 11.1. The van der Waals surface area contributed by atoms with Crippen molar-refractivity contribution in [1.29, 1.82) is 0 Å². The largest absolute Gasteiger partial charge is 0.222 e. The summed E-state index contributed by atoms with van der Waals surface area (Å²) < 4.78 is 14.1. The van der Waals surface area contributed by atoms with Gasteiger partial charge in [0, 0.05) is 13.1 Å². The van der Waals surface area contributed by atoms with Gasteiger partial charge in [0.05, 0.1) is 0 Å². The fourth-order valence-electron chi connectivity index (χ4n) is 2.07. The molecule has 1 aliphatic rings. The highest BCUT2D eigenvalue weighted by Gasteiger charge is 2.19. The number of piperidine rings is 1. The smallest absolute Gasteiger partial charge is 0.134 e. The number of halogens is 1. The minimum atomic E-state index is 0.391. The second kappa shape index (κ2) is 7.91. The molecule has 92 valence electrons. The van der Waals surface area contributed by atoms with E-state index in [9.17, 15) is 3.89 Å². The Morgan fingerprint density at radius 3 is 2.62 bits per heavy atom. The molecular weight excluding hydrogens is 221 g/mol. The molecule has 1 nitrogen and oxygen atoms in total. The number of hydrogen-bond acceptors (Lipinski definition) is 2. The minimum Gasteiger partial charge on any atom is -0.222 e. The van der Waals surface area contributed by atoms with Gasteiger partial charge in [-0.15, -0.1) is 3.89 Å². The lowest BCUT2D eigenvalue weighted by Gasteiger charge is -2.28. The molecule has 0 unspecified atom stereocenters. The normalized spacial score (nSPS) is 20.8. The van der Waals surface area contributed by atoms with Gasteiger partial charge in [0.25, 0.3) is 0 Å². The van der Waals surface area contributed by atoms with E-state index >= 15 is 0 Å². The van der Waals surface area contributed by atoms with Gasteiger partial charge in [-0.05, 0) is 38.5 Å². The van der Waals surface area contributed by atoms with Gasteiger partial charge in [-0.25, -0.2) is 4.31 Å². The van der Waals surface area contributed by atoms with Gasteiger partial charge in [0.15, 0.2) is 0 Å². The lowest BCUT2D eigenvalue weighted by atomic mass is 9.90. The predicted octanol–water partition coefficient (Wildman–Crippen LogP) is 4.53. The van der Waals surface area contributed by atoms with Crippen molar-refractivity contribution in [3.05, 3.63) is 23.8 Å². The lowest BCUT2D eigenvalue weighted by Crippen LogP contribution is -2.27. The van der Waals surface area contributed by atoms with Gasteiger partial charge in [0.1, 0.15) is 12.3 Å². The first-order chi connectivity index (χ1) is 7.80. The fourth-order valence-corrected chi connectivity index (χ4v) is 2.42. The molecule has 1 rings (SSSR count). The molecule has 1 heterocycles. The molecule has 0 aliphatic carbocycles. The Morgan fingerprint density at radius 2 is 2.12 bits per heavy atom. The van der Waals surface area contributed by atoms with E-state index in [4.69, 9.17) is 0 Å². The molecular formula is C13H22FNS. The maximum Gasteiger partial charge on any atom is 0.134 e. The van der Waals surface area contributed by atoms with Crippen molar-refractivity contribution in [3.63, 3.8) is 0 Å². The van der Waals surface area contributed by atoms with Gasteiger partial charge in [-0.2, -0.15) is 0 Å². The SMILES string of the molecule is C/C=C(\C=C/CC)CC1CCN(SF)CC1. The summed E-state index contributed by atoms with van der Waals surface area (Å²) in [6.45, 7) is 6.03. The predicted molar refractivity (Wildman–Crippen MR) is 70.8 cm³/mol. The van der Waals surface area contributed by atoms with Crippen LogP contribution in [-0.2, 0) is 0 Å². The van der Waals surface area contributed by atoms with Gasteiger partial charge in [-0.3, -0.25) is 0 Å². The molecule has 0 aromatic heterocycles. The molecule has 1 aliphatic heterocycles. The number of nitrogens with zero attached hydrogens (tertiary/aromatic N) is 1. The second-order valence-electron chi connectivity index (χ2n) is 4.32. The quantitative estimate of drug-likeness (QED) is 0.515. The summed E-state index contributed by atoms with van der Waals surface area (Å²) in [5, 5.41) is 0. The topological polar surface area (TPSA) is 3.24 Å². The molecule has 3 heteroatoms. The standard InChI is InChI=1S/C13H22FNS/c1-3-5-6-12(4-2)11-13-7-9-15(16-14)10-8-13/h4-6,13H,3,7-11H2,1-2H3/b6-5-,12-4+. The highest BCUT2D eigenvalue weighted by atomic mass is 32.2. The highest BCUT2D eigenvalue weighted by Crippen LogP contribution is 2.27. The monoisotopic (exact) mass is 243 g/mol. The van der Waals surface area contributed by atoms with Crippen molar-refractivity contribution < 1.29 is 3.89 Å². The van der Waals surface area contributed by atoms with Crippen LogP contribution in [0.15, 0.2) is 23.8 Å². The van der Waals surface area contributed by atoms with Crippen LogP contribution in [0.4, 0.5) is 3.89 Å². The van der Waals surface area contributed by atoms with Gasteiger partial charge in [-0.1, -0.05) is 30.7 Å². The summed E-state index contributed by atoms with van der Waals surface area (Å²) in [6.07, 6.45) is 11.1. The van der Waals surface area contributed by atoms with E-state index in [1.54, 1.807) is 0 Å². The third-order valence-corrected chi connectivity index (χ3v) is 3.69. The van der Waals surface area contributed by atoms with Crippen molar-refractivity contribution in [2.75, 3.05) is 13.1 Å². The van der Waals surface area contributed by atoms with E-state index in [2.05, 4.69) is 32.1 Å². The van der Waals surface area contributed by atoms with Crippen LogP contribution in [0.1, 0.15) is 39.5 Å². The average Bonchev–Trinajstić information content (AvgIpc) is 2.35. The van der Waals surface area contributed by atoms with Crippen molar-refractivity contribution in [2.45, 2.75) is 39.5 Å². The third kappa shape index (κ3) is 4.71. The van der Waals surface area contributed by atoms with E-state index in [1.165, 1.54) is 5.57 Å². The zero-order valence-electron chi connectivity index (χ0n) is 10.3. The summed E-state index contributed by atoms with van der Waals surface area (Å²) in [4.78, 5) is 0. The molecule has 0 bridgehead atoms. The third-order valence-electron chi connectivity index (χ3n) is 3.13. The number of allylic oxidation sites excluding steroid dienone is 4. The van der Waals surface area contributed by atoms with E-state index in [-0.39, 0.29) is 0 Å². The van der Waals surface area contributed by atoms with Crippen LogP contribution >= 0.6 is 12.3 Å². The fraction of sp³-hybridized carbons (Fsp3) is 0.692. The molecule has 0 saturated carbocycles. The molecule has 1 fully saturated rings. The highest BCUT2D eigenvalue weighted by molar-refractivity contribution is 7.91. The maximum absolute atomic E-state index is 12.3. The molecule has 0 radical (unpaired) electrons. The Hall–Kier alpha value is -0.280. The molecule has 1 saturated heterocycles. The van der Waals surface area contributed by atoms with E-state index < -0.39 is 0 Å². The first-order valence-corrected chi connectivity index (χ1v) is 6.82. The van der Waals surface area contributed by atoms with Gasteiger partial charge >= 0.3 is 0 Å². The first kappa shape index (κ1) is 13.8. The minimum absolute atomic E-state index is 0.391. The van der Waals surface area contributed by atoms with Crippen LogP contribution in [0.25, 0.3) is 0 Å². The summed E-state index contributed by atoms with van der Waals surface area (Å²) in [6, 6.07) is 0. The Balaban J connectivity index is 2.34.